The lowest BCUT2D eigenvalue weighted by Crippen LogP contribution is -2.66. The molecule has 7 rings (SSSR count). The van der Waals surface area contributed by atoms with E-state index in [1.54, 1.807) is 27.7 Å². The summed E-state index contributed by atoms with van der Waals surface area (Å²) in [6.07, 6.45) is -16.6. The topological polar surface area (TPSA) is 438 Å². The lowest BCUT2D eigenvalue weighted by molar-refractivity contribution is -0.393. The Kier molecular flexibility index (Phi) is 35.8. The van der Waals surface area contributed by atoms with Crippen LogP contribution < -0.4 is 31.9 Å². The van der Waals surface area contributed by atoms with E-state index in [2.05, 4.69) is 21.3 Å². The van der Waals surface area contributed by atoms with Gasteiger partial charge in [-0.15, -0.1) is 0 Å². The minimum atomic E-state index is -5.13. The summed E-state index contributed by atoms with van der Waals surface area (Å²) in [6.45, 7) is 9.60. The molecule has 107 heavy (non-hydrogen) atoms. The molecular weight excluding hydrogens is 1460 g/mol. The van der Waals surface area contributed by atoms with Crippen LogP contribution in [-0.4, -0.2) is 334 Å². The van der Waals surface area contributed by atoms with Crippen LogP contribution in [0, 0.1) is 20.2 Å². The Bertz CT molecular complexity index is 2820. The summed E-state index contributed by atoms with van der Waals surface area (Å²) in [6, 6.07) is -0.0307. The van der Waals surface area contributed by atoms with Crippen LogP contribution in [0.1, 0.15) is 40.5 Å². The summed E-state index contributed by atoms with van der Waals surface area (Å²) in [5.74, 6) is -7.84. The van der Waals surface area contributed by atoms with E-state index < -0.39 is 129 Å². The first-order valence-corrected chi connectivity index (χ1v) is 34.6. The predicted octanol–water partition coefficient (Wildman–Crippen LogP) is 0.0131. The molecule has 0 aromatic heterocycles. The van der Waals surface area contributed by atoms with Crippen LogP contribution in [-0.2, 0) is 123 Å². The van der Waals surface area contributed by atoms with Crippen molar-refractivity contribution in [3.8, 4) is 0 Å². The maximum Gasteiger partial charge on any atom is 0.471 e. The van der Waals surface area contributed by atoms with Gasteiger partial charge in [0.05, 0.1) is 200 Å². The second kappa shape index (κ2) is 43.5. The molecule has 1 aromatic rings. The second-order valence-electron chi connectivity index (χ2n) is 25.6. The number of carbonyl (C=O) groups excluding carboxylic acids is 5. The number of hydrogen-bond donors (Lipinski definition) is 6. The standard InChI is InChI=1S/C63H96F6N8O30/c1-58(2)102-50-48(74-56(81)62(64,65)66)54-100-39-60(106-54,52(50)104-58)37-98-31-28-93-25-23-90-20-18-88-15-10-71-45(78)7-12-95-34-41(73-47(80)36-97-30-27-92-22-17-87-14-9-70-43-6-5-42(76(83)84)33-44(43)77(85)86)35-96-13-8-46(79)72-11-16-89-19-21-91-24-26-94-29-32-99-38-61-40-101-55(107-61)49(75-57(82)63(67,68)69)51-53(61)105-59(3,4)103-51/h5-6,33,41,48-55,70H,7-32,34-40H2,1-4H3,(H,71,78)(H,72,79)(H,73,80)(H,74,81)(H,75,82)/t48-,49-,50-,51-,52-,53-,54+,55+,60+,61+/m1/s1. The van der Waals surface area contributed by atoms with Crippen LogP contribution in [0.3, 0.4) is 0 Å². The van der Waals surface area contributed by atoms with Gasteiger partial charge in [0.1, 0.15) is 60.0 Å². The molecule has 0 saturated carbocycles. The molecule has 1 aromatic carbocycles. The molecule has 0 radical (unpaired) electrons. The Morgan fingerprint density at radius 1 is 0.486 bits per heavy atom. The van der Waals surface area contributed by atoms with Gasteiger partial charge < -0.3 is 131 Å². The van der Waals surface area contributed by atoms with E-state index in [0.717, 1.165) is 12.1 Å². The number of nitrogens with one attached hydrogen (secondary N) is 6. The van der Waals surface area contributed by atoms with E-state index in [9.17, 15) is 70.5 Å². The number of carbonyl (C=O) groups is 5. The molecule has 610 valence electrons. The summed E-state index contributed by atoms with van der Waals surface area (Å²) in [7, 11) is 0. The lowest BCUT2D eigenvalue weighted by atomic mass is 9.88. The fourth-order valence-electron chi connectivity index (χ4n) is 11.5. The largest absolute Gasteiger partial charge is 0.471 e. The van der Waals surface area contributed by atoms with E-state index in [1.165, 1.54) is 6.07 Å². The molecule has 38 nitrogen and oxygen atoms in total. The third-order valence-electron chi connectivity index (χ3n) is 16.3. The number of benzene rings is 1. The number of anilines is 1. The molecule has 4 bridgehead atoms. The van der Waals surface area contributed by atoms with Crippen molar-refractivity contribution in [3.63, 3.8) is 0 Å². The van der Waals surface area contributed by atoms with Crippen molar-refractivity contribution in [3.05, 3.63) is 38.4 Å². The Balaban J connectivity index is 0.688. The first-order valence-electron chi connectivity index (χ1n) is 34.6. The monoisotopic (exact) mass is 1560 g/mol. The number of halogens is 6. The number of ether oxygens (including phenoxy) is 21. The first-order chi connectivity index (χ1) is 51.0. The van der Waals surface area contributed by atoms with Gasteiger partial charge in [-0.05, 0) is 33.8 Å². The van der Waals surface area contributed by atoms with E-state index >= 15 is 0 Å². The van der Waals surface area contributed by atoms with Crippen LogP contribution >= 0.6 is 0 Å². The van der Waals surface area contributed by atoms with Crippen LogP contribution in [0.25, 0.3) is 0 Å². The van der Waals surface area contributed by atoms with Gasteiger partial charge in [0.2, 0.25) is 17.7 Å². The Hall–Kier alpha value is -6.09. The molecule has 6 heterocycles. The number of nitro groups is 2. The fourth-order valence-corrected chi connectivity index (χ4v) is 11.5. The quantitative estimate of drug-likeness (QED) is 0.0217. The molecular formula is C63H96F6N8O30. The van der Waals surface area contributed by atoms with Crippen molar-refractivity contribution in [2.24, 2.45) is 0 Å². The number of nitrogens with zero attached hydrogens (tertiary/aromatic N) is 2. The average molecular weight is 1560 g/mol. The zero-order valence-electron chi connectivity index (χ0n) is 59.7. The minimum absolute atomic E-state index is 0.0191. The molecule has 5 amide bonds. The first kappa shape index (κ1) is 88.1. The van der Waals surface area contributed by atoms with Gasteiger partial charge in [-0.3, -0.25) is 44.2 Å². The average Bonchev–Trinajstić information content (AvgIpc) is 1.58. The van der Waals surface area contributed by atoms with Gasteiger partial charge in [0.15, 0.2) is 24.2 Å². The SMILES string of the molecule is CC1(C)O[C@@H]2[C@@H](NC(=O)C(F)(F)F)[C@H]3OC[C@](COCCOCCOCCOCCNC(=O)CCOCC(COCCC(=O)NCCOCCOCCOCCOC[C@@]45CO[C@@H](O4)[C@H](NC(=O)C(F)(F)F)[C@H]4OC(C)(C)O[C@H]45)NC(=O)COCCOCCOCCNc4ccc([N+](=O)[O-])cc4[N+](=O)[O-])(O3)[C@@H]2O1. The molecule has 6 saturated heterocycles. The molecule has 44 heteroatoms. The van der Waals surface area contributed by atoms with Gasteiger partial charge in [-0.25, -0.2) is 0 Å². The summed E-state index contributed by atoms with van der Waals surface area (Å²) >= 11 is 0. The van der Waals surface area contributed by atoms with Crippen molar-refractivity contribution >= 4 is 46.6 Å². The molecule has 0 unspecified atom stereocenters. The van der Waals surface area contributed by atoms with E-state index in [-0.39, 0.29) is 235 Å². The summed E-state index contributed by atoms with van der Waals surface area (Å²) in [4.78, 5) is 82.5. The van der Waals surface area contributed by atoms with E-state index in [1.807, 2.05) is 10.6 Å². The third-order valence-corrected chi connectivity index (χ3v) is 16.3. The maximum absolute atomic E-state index is 13.1. The van der Waals surface area contributed by atoms with E-state index in [0.29, 0.717) is 0 Å². The number of non-ortho nitro benzene ring substituents is 1. The normalized spacial score (nSPS) is 24.8. The van der Waals surface area contributed by atoms with Crippen molar-refractivity contribution in [2.45, 2.75) is 131 Å². The number of fused-ring (bicyclic) bond motifs is 8. The Labute approximate surface area is 610 Å². The fraction of sp³-hybridized carbons (Fsp3) is 0.825. The zero-order chi connectivity index (χ0) is 77.5. The summed E-state index contributed by atoms with van der Waals surface area (Å²) in [5.41, 5.74) is -3.17. The minimum Gasteiger partial charge on any atom is -0.379 e. The number of hydrogen-bond acceptors (Lipinski definition) is 31. The zero-order valence-corrected chi connectivity index (χ0v) is 59.7. The Morgan fingerprint density at radius 2 is 0.869 bits per heavy atom. The molecule has 0 spiro atoms. The van der Waals surface area contributed by atoms with Gasteiger partial charge in [0, 0.05) is 38.5 Å². The van der Waals surface area contributed by atoms with Gasteiger partial charge >= 0.3 is 24.2 Å². The van der Waals surface area contributed by atoms with Crippen LogP contribution in [0.5, 0.6) is 0 Å². The highest BCUT2D eigenvalue weighted by Crippen LogP contribution is 2.48. The molecule has 6 aliphatic rings. The maximum atomic E-state index is 13.1. The van der Waals surface area contributed by atoms with Crippen LogP contribution in [0.15, 0.2) is 18.2 Å². The molecule has 6 N–H and O–H groups in total. The second-order valence-corrected chi connectivity index (χ2v) is 25.6. The number of rotatable bonds is 55. The summed E-state index contributed by atoms with van der Waals surface area (Å²) in [5, 5.41) is 37.2. The van der Waals surface area contributed by atoms with Crippen molar-refractivity contribution in [1.29, 1.82) is 0 Å². The number of alkyl halides is 6. The van der Waals surface area contributed by atoms with Gasteiger partial charge in [-0.2, -0.15) is 26.3 Å². The lowest BCUT2D eigenvalue weighted by Gasteiger charge is -2.42. The predicted molar refractivity (Wildman–Crippen MR) is 347 cm³/mol. The van der Waals surface area contributed by atoms with Crippen molar-refractivity contribution < 1.29 is 160 Å². The highest BCUT2D eigenvalue weighted by Gasteiger charge is 2.68. The van der Waals surface area contributed by atoms with Gasteiger partial charge in [0.25, 0.3) is 11.4 Å². The summed E-state index contributed by atoms with van der Waals surface area (Å²) < 4.78 is 198. The van der Waals surface area contributed by atoms with Crippen molar-refractivity contribution in [2.75, 3.05) is 210 Å². The van der Waals surface area contributed by atoms with Gasteiger partial charge in [-0.1, -0.05) is 0 Å². The Morgan fingerprint density at radius 3 is 1.26 bits per heavy atom. The van der Waals surface area contributed by atoms with Crippen molar-refractivity contribution in [1.82, 2.24) is 26.6 Å². The highest BCUT2D eigenvalue weighted by atomic mass is 19.4. The third kappa shape index (κ3) is 29.3. The van der Waals surface area contributed by atoms with E-state index in [4.69, 9.17) is 99.5 Å². The number of nitro benzene ring substituents is 2. The number of amides is 5. The van der Waals surface area contributed by atoms with Crippen LogP contribution in [0.2, 0.25) is 0 Å². The highest BCUT2D eigenvalue weighted by molar-refractivity contribution is 5.82. The van der Waals surface area contributed by atoms with Crippen LogP contribution in [0.4, 0.5) is 43.4 Å². The molecule has 10 atom stereocenters. The smallest absolute Gasteiger partial charge is 0.379 e. The molecule has 6 aliphatic heterocycles. The molecule has 6 fully saturated rings. The molecule has 0 aliphatic carbocycles.